The largest absolute Gasteiger partial charge is 0.356 e. The highest BCUT2D eigenvalue weighted by Gasteiger charge is 2.19. The summed E-state index contributed by atoms with van der Waals surface area (Å²) in [5, 5.41) is 5.98. The van der Waals surface area contributed by atoms with Crippen molar-refractivity contribution in [1.29, 1.82) is 0 Å². The zero-order chi connectivity index (χ0) is 19.5. The Morgan fingerprint density at radius 1 is 0.704 bits per heavy atom. The van der Waals surface area contributed by atoms with Gasteiger partial charge in [-0.3, -0.25) is 9.59 Å². The van der Waals surface area contributed by atoms with Gasteiger partial charge in [-0.15, -0.1) is 0 Å². The van der Waals surface area contributed by atoms with E-state index in [-0.39, 0.29) is 23.7 Å². The van der Waals surface area contributed by atoms with Gasteiger partial charge in [0.15, 0.2) is 0 Å². The highest BCUT2D eigenvalue weighted by atomic mass is 16.2. The molecule has 2 N–H and O–H groups in total. The second-order valence-electron chi connectivity index (χ2n) is 6.68. The van der Waals surface area contributed by atoms with Crippen molar-refractivity contribution in [2.45, 2.75) is 44.9 Å². The van der Waals surface area contributed by atoms with Gasteiger partial charge in [-0.1, -0.05) is 74.5 Å². The molecule has 4 nitrogen and oxygen atoms in total. The van der Waals surface area contributed by atoms with Crippen LogP contribution < -0.4 is 10.6 Å². The lowest BCUT2D eigenvalue weighted by Crippen LogP contribution is -2.34. The van der Waals surface area contributed by atoms with Crippen LogP contribution in [0.5, 0.6) is 0 Å². The number of nitrogens with one attached hydrogen (secondary N) is 2. The van der Waals surface area contributed by atoms with E-state index < -0.39 is 0 Å². The monoisotopic (exact) mass is 366 g/mol. The minimum absolute atomic E-state index is 0.0470. The fraction of sp³-hybridized carbons (Fsp3) is 0.391. The Bertz CT molecular complexity index is 639. The molecular weight excluding hydrogens is 336 g/mol. The standard InChI is InChI=1S/C23H30N2O2/c1-3-20(18-12-7-5-8-13-18)22(26)24-16-11-17-25-23(27)21(4-2)19-14-9-6-10-15-19/h5-10,12-15,20-21H,3-4,11,16-17H2,1-2H3,(H,24,26)(H,25,27)/t20-,21+. The van der Waals surface area contributed by atoms with E-state index in [1.165, 1.54) is 0 Å². The molecule has 0 radical (unpaired) electrons. The maximum atomic E-state index is 12.4. The van der Waals surface area contributed by atoms with Gasteiger partial charge in [0.2, 0.25) is 11.8 Å². The first-order valence-corrected chi connectivity index (χ1v) is 9.82. The Hall–Kier alpha value is -2.62. The molecule has 2 rings (SSSR count). The van der Waals surface area contributed by atoms with Crippen molar-refractivity contribution >= 4 is 11.8 Å². The molecule has 0 bridgehead atoms. The molecule has 0 aromatic heterocycles. The van der Waals surface area contributed by atoms with Crippen LogP contribution in [0.3, 0.4) is 0 Å². The topological polar surface area (TPSA) is 58.2 Å². The minimum Gasteiger partial charge on any atom is -0.356 e. The molecule has 0 fully saturated rings. The second-order valence-corrected chi connectivity index (χ2v) is 6.68. The fourth-order valence-corrected chi connectivity index (χ4v) is 3.27. The highest BCUT2D eigenvalue weighted by Crippen LogP contribution is 2.20. The summed E-state index contributed by atoms with van der Waals surface area (Å²) >= 11 is 0. The summed E-state index contributed by atoms with van der Waals surface area (Å²) in [5.74, 6) is -0.150. The van der Waals surface area contributed by atoms with Gasteiger partial charge < -0.3 is 10.6 Å². The van der Waals surface area contributed by atoms with Crippen molar-refractivity contribution in [2.24, 2.45) is 0 Å². The molecule has 0 aliphatic heterocycles. The first-order valence-electron chi connectivity index (χ1n) is 9.82. The summed E-state index contributed by atoms with van der Waals surface area (Å²) in [6, 6.07) is 19.7. The molecule has 0 heterocycles. The van der Waals surface area contributed by atoms with Crippen LogP contribution in [0.25, 0.3) is 0 Å². The number of carbonyl (C=O) groups excluding carboxylic acids is 2. The van der Waals surface area contributed by atoms with Gasteiger partial charge in [0, 0.05) is 13.1 Å². The second kappa shape index (κ2) is 11.2. The predicted octanol–water partition coefficient (Wildman–Crippen LogP) is 4.00. The third-order valence-electron chi connectivity index (χ3n) is 4.81. The van der Waals surface area contributed by atoms with Gasteiger partial charge in [0.05, 0.1) is 11.8 Å². The van der Waals surface area contributed by atoms with Gasteiger partial charge in [0.25, 0.3) is 0 Å². The van der Waals surface area contributed by atoms with Gasteiger partial charge in [-0.2, -0.15) is 0 Å². The van der Waals surface area contributed by atoms with Crippen molar-refractivity contribution in [3.63, 3.8) is 0 Å². The summed E-state index contributed by atoms with van der Waals surface area (Å²) in [7, 11) is 0. The number of carbonyl (C=O) groups is 2. The van der Waals surface area contributed by atoms with E-state index in [1.54, 1.807) is 0 Å². The van der Waals surface area contributed by atoms with Crippen molar-refractivity contribution < 1.29 is 9.59 Å². The molecule has 0 spiro atoms. The minimum atomic E-state index is -0.122. The molecule has 144 valence electrons. The molecule has 27 heavy (non-hydrogen) atoms. The van der Waals surface area contributed by atoms with Crippen LogP contribution >= 0.6 is 0 Å². The summed E-state index contributed by atoms with van der Waals surface area (Å²) in [6.07, 6.45) is 2.25. The third kappa shape index (κ3) is 6.24. The Morgan fingerprint density at radius 3 is 1.41 bits per heavy atom. The lowest BCUT2D eigenvalue weighted by molar-refractivity contribution is -0.122. The van der Waals surface area contributed by atoms with Crippen LogP contribution in [-0.2, 0) is 9.59 Å². The Balaban J connectivity index is 1.73. The molecule has 2 atom stereocenters. The Morgan fingerprint density at radius 2 is 1.07 bits per heavy atom. The van der Waals surface area contributed by atoms with Crippen molar-refractivity contribution in [2.75, 3.05) is 13.1 Å². The normalized spacial score (nSPS) is 12.8. The molecule has 0 saturated heterocycles. The first-order chi connectivity index (χ1) is 13.2. The van der Waals surface area contributed by atoms with Crippen molar-refractivity contribution in [3.05, 3.63) is 71.8 Å². The summed E-state index contributed by atoms with van der Waals surface area (Å²) in [5.41, 5.74) is 2.08. The van der Waals surface area contributed by atoms with E-state index in [4.69, 9.17) is 0 Å². The molecule has 0 unspecified atom stereocenters. The number of amides is 2. The molecule has 4 heteroatoms. The quantitative estimate of drug-likeness (QED) is 0.625. The van der Waals surface area contributed by atoms with E-state index in [1.807, 2.05) is 74.5 Å². The van der Waals surface area contributed by atoms with E-state index >= 15 is 0 Å². The van der Waals surface area contributed by atoms with Crippen LogP contribution in [0.2, 0.25) is 0 Å². The lowest BCUT2D eigenvalue weighted by Gasteiger charge is -2.17. The van der Waals surface area contributed by atoms with Crippen molar-refractivity contribution in [3.8, 4) is 0 Å². The SMILES string of the molecule is CC[C@H](C(=O)NCCCNC(=O)[C@H](CC)c1ccccc1)c1ccccc1. The molecule has 2 amide bonds. The number of rotatable bonds is 10. The average Bonchev–Trinajstić information content (AvgIpc) is 2.70. The number of hydrogen-bond donors (Lipinski definition) is 2. The van der Waals surface area contributed by atoms with Crippen LogP contribution in [0.1, 0.15) is 56.1 Å². The molecule has 2 aromatic rings. The highest BCUT2D eigenvalue weighted by molar-refractivity contribution is 5.84. The number of benzene rings is 2. The fourth-order valence-electron chi connectivity index (χ4n) is 3.27. The van der Waals surface area contributed by atoms with Gasteiger partial charge >= 0.3 is 0 Å². The van der Waals surface area contributed by atoms with Gasteiger partial charge in [-0.25, -0.2) is 0 Å². The van der Waals surface area contributed by atoms with Crippen LogP contribution in [0.4, 0.5) is 0 Å². The Labute approximate surface area is 162 Å². The van der Waals surface area contributed by atoms with Crippen LogP contribution in [0, 0.1) is 0 Å². The van der Waals surface area contributed by atoms with Gasteiger partial charge in [0.1, 0.15) is 0 Å². The van der Waals surface area contributed by atoms with Crippen LogP contribution in [0.15, 0.2) is 60.7 Å². The lowest BCUT2D eigenvalue weighted by atomic mass is 9.95. The molecule has 2 aromatic carbocycles. The third-order valence-corrected chi connectivity index (χ3v) is 4.81. The first kappa shape index (κ1) is 20.7. The zero-order valence-electron chi connectivity index (χ0n) is 16.3. The summed E-state index contributed by atoms with van der Waals surface area (Å²) in [6.45, 7) is 5.16. The maximum Gasteiger partial charge on any atom is 0.227 e. The molecule has 0 aliphatic rings. The van der Waals surface area contributed by atoms with E-state index in [0.717, 1.165) is 24.0 Å². The predicted molar refractivity (Wildman–Crippen MR) is 110 cm³/mol. The van der Waals surface area contributed by atoms with Crippen molar-refractivity contribution in [1.82, 2.24) is 10.6 Å². The Kier molecular flexibility index (Phi) is 8.56. The van der Waals surface area contributed by atoms with Gasteiger partial charge in [-0.05, 0) is 30.4 Å². The maximum absolute atomic E-state index is 12.4. The van der Waals surface area contributed by atoms with E-state index in [0.29, 0.717) is 19.5 Å². The van der Waals surface area contributed by atoms with E-state index in [9.17, 15) is 9.59 Å². The smallest absolute Gasteiger partial charge is 0.227 e. The summed E-state index contributed by atoms with van der Waals surface area (Å²) < 4.78 is 0. The van der Waals surface area contributed by atoms with Crippen LogP contribution in [-0.4, -0.2) is 24.9 Å². The zero-order valence-corrected chi connectivity index (χ0v) is 16.3. The number of hydrogen-bond acceptors (Lipinski definition) is 2. The summed E-state index contributed by atoms with van der Waals surface area (Å²) in [4.78, 5) is 24.8. The average molecular weight is 367 g/mol. The molecule has 0 saturated carbocycles. The molecule has 0 aliphatic carbocycles. The van der Waals surface area contributed by atoms with E-state index in [2.05, 4.69) is 10.6 Å². The molecular formula is C23H30N2O2.